The first kappa shape index (κ1) is 28.6. The molecule has 0 spiro atoms. The van der Waals surface area contributed by atoms with Crippen LogP contribution < -0.4 is 4.48 Å². The van der Waals surface area contributed by atoms with Crippen LogP contribution in [0.4, 0.5) is 15.3 Å². The molecule has 0 radical (unpaired) electrons. The van der Waals surface area contributed by atoms with Gasteiger partial charge in [-0.3, -0.25) is 0 Å². The minimum absolute atomic E-state index is 0.0556. The van der Waals surface area contributed by atoms with Crippen LogP contribution in [0.25, 0.3) is 11.3 Å². The van der Waals surface area contributed by atoms with Crippen molar-refractivity contribution in [2.45, 2.75) is 21.4 Å². The van der Waals surface area contributed by atoms with E-state index < -0.39 is 24.3 Å². The molecule has 8 nitrogen and oxygen atoms in total. The fourth-order valence-corrected chi connectivity index (χ4v) is 4.45. The lowest BCUT2D eigenvalue weighted by Crippen LogP contribution is -2.56. The largest absolute Gasteiger partial charge is 0.531 e. The van der Waals surface area contributed by atoms with Crippen molar-refractivity contribution in [2.75, 3.05) is 20.3 Å². The zero-order chi connectivity index (χ0) is 25.2. The molecule has 0 saturated carbocycles. The highest BCUT2D eigenvalue weighted by Gasteiger charge is 2.48. The maximum Gasteiger partial charge on any atom is 0.531 e. The van der Waals surface area contributed by atoms with E-state index in [0.717, 1.165) is 0 Å². The van der Waals surface area contributed by atoms with Gasteiger partial charge in [0.2, 0.25) is 7.59 Å². The standard InChI is InChI=1S/C18H16BrCl6N4O4/c1-4-32-15(30)29(3,16(31)33-5-2)11-7-6-9(8-10(11)19)13-12(17(20,21)22)14(18(23,24)25)27-28-26-13/h6-8H,4-5H2,1-3H3/q+1. The molecule has 2 aromatic rings. The molecule has 15 heteroatoms. The van der Waals surface area contributed by atoms with Crippen LogP contribution in [0.1, 0.15) is 25.1 Å². The summed E-state index contributed by atoms with van der Waals surface area (Å²) < 4.78 is 5.44. The van der Waals surface area contributed by atoms with Crippen LogP contribution in [0.15, 0.2) is 22.7 Å². The predicted octanol–water partition coefficient (Wildman–Crippen LogP) is 7.20. The maximum atomic E-state index is 12.7. The number of hydrogen-bond donors (Lipinski definition) is 0. The van der Waals surface area contributed by atoms with E-state index in [1.165, 1.54) is 25.2 Å². The molecule has 0 aliphatic carbocycles. The van der Waals surface area contributed by atoms with Gasteiger partial charge in [0, 0.05) is 11.6 Å². The molecule has 0 aliphatic rings. The van der Waals surface area contributed by atoms with E-state index >= 15 is 0 Å². The van der Waals surface area contributed by atoms with Crippen molar-refractivity contribution in [1.29, 1.82) is 0 Å². The molecule has 0 bridgehead atoms. The number of quaternary nitrogens is 1. The van der Waals surface area contributed by atoms with Gasteiger partial charge in [0.15, 0.2) is 5.69 Å². The fourth-order valence-electron chi connectivity index (χ4n) is 2.79. The Morgan fingerprint density at radius 2 is 1.52 bits per heavy atom. The number of carbonyl (C=O) groups is 2. The summed E-state index contributed by atoms with van der Waals surface area (Å²) in [6, 6.07) is 4.52. The Hall–Kier alpha value is -0.650. The molecule has 0 saturated heterocycles. The number of alkyl halides is 6. The van der Waals surface area contributed by atoms with Crippen molar-refractivity contribution in [3.05, 3.63) is 33.9 Å². The molecule has 1 aromatic heterocycles. The summed E-state index contributed by atoms with van der Waals surface area (Å²) in [5.41, 5.74) is 0.304. The van der Waals surface area contributed by atoms with Gasteiger partial charge < -0.3 is 9.47 Å². The third kappa shape index (κ3) is 6.13. The van der Waals surface area contributed by atoms with Crippen molar-refractivity contribution in [2.24, 2.45) is 0 Å². The van der Waals surface area contributed by atoms with Crippen molar-refractivity contribution in [3.8, 4) is 11.3 Å². The second-order valence-corrected chi connectivity index (χ2v) is 11.8. The number of nitrogens with zero attached hydrogens (tertiary/aromatic N) is 4. The summed E-state index contributed by atoms with van der Waals surface area (Å²) in [5.74, 6) is 0. The molecule has 0 atom stereocenters. The minimum Gasteiger partial charge on any atom is -0.420 e. The molecule has 2 amide bonds. The van der Waals surface area contributed by atoms with Crippen LogP contribution in [0.2, 0.25) is 0 Å². The van der Waals surface area contributed by atoms with Crippen LogP contribution in [0, 0.1) is 0 Å². The van der Waals surface area contributed by atoms with Crippen molar-refractivity contribution >= 4 is 103 Å². The Morgan fingerprint density at radius 3 is 1.94 bits per heavy atom. The highest BCUT2D eigenvalue weighted by atomic mass is 79.9. The number of ether oxygens (including phenoxy) is 2. The first-order chi connectivity index (χ1) is 15.2. The summed E-state index contributed by atoms with van der Waals surface area (Å²) in [7, 11) is 1.34. The SMILES string of the molecule is CCOC(=O)[N+](C)(C(=O)OCC)c1ccc(-c2nnnc(C(Cl)(Cl)Cl)c2C(Cl)(Cl)Cl)cc1Br. The highest BCUT2D eigenvalue weighted by molar-refractivity contribution is 9.10. The van der Waals surface area contributed by atoms with E-state index in [0.29, 0.717) is 10.0 Å². The van der Waals surface area contributed by atoms with Gasteiger partial charge in [-0.2, -0.15) is 9.59 Å². The summed E-state index contributed by atoms with van der Waals surface area (Å²) in [5, 5.41) is 11.3. The Balaban J connectivity index is 2.74. The van der Waals surface area contributed by atoms with Crippen LogP contribution in [0.5, 0.6) is 0 Å². The van der Waals surface area contributed by atoms with E-state index in [9.17, 15) is 9.59 Å². The third-order valence-electron chi connectivity index (χ3n) is 4.28. The van der Waals surface area contributed by atoms with Crippen LogP contribution >= 0.6 is 85.5 Å². The molecular formula is C18H16BrCl6N4O4+. The monoisotopic (exact) mass is 641 g/mol. The molecule has 180 valence electrons. The number of aromatic nitrogens is 3. The summed E-state index contributed by atoms with van der Waals surface area (Å²) >= 11 is 39.7. The summed E-state index contributed by atoms with van der Waals surface area (Å²) in [4.78, 5) is 25.5. The zero-order valence-corrected chi connectivity index (χ0v) is 23.3. The van der Waals surface area contributed by atoms with E-state index in [1.54, 1.807) is 13.8 Å². The van der Waals surface area contributed by atoms with Gasteiger partial charge in [-0.1, -0.05) is 74.1 Å². The van der Waals surface area contributed by atoms with Gasteiger partial charge >= 0.3 is 12.2 Å². The molecule has 0 unspecified atom stereocenters. The average Bonchev–Trinajstić information content (AvgIpc) is 2.71. The van der Waals surface area contributed by atoms with Crippen molar-refractivity contribution < 1.29 is 19.1 Å². The highest BCUT2D eigenvalue weighted by Crippen LogP contribution is 2.50. The van der Waals surface area contributed by atoms with Crippen LogP contribution in [-0.4, -0.2) is 47.9 Å². The Kier molecular flexibility index (Phi) is 9.49. The van der Waals surface area contributed by atoms with Crippen LogP contribution in [-0.2, 0) is 17.1 Å². The number of benzene rings is 1. The Morgan fingerprint density at radius 1 is 0.970 bits per heavy atom. The minimum atomic E-state index is -2.08. The smallest absolute Gasteiger partial charge is 0.420 e. The van der Waals surface area contributed by atoms with E-state index in [2.05, 4.69) is 31.3 Å². The Labute approximate surface area is 228 Å². The zero-order valence-electron chi connectivity index (χ0n) is 17.2. The number of amides is 2. The molecule has 2 rings (SSSR count). The number of halogens is 7. The van der Waals surface area contributed by atoms with Gasteiger partial charge in [0.05, 0.1) is 30.3 Å². The number of carbonyl (C=O) groups excluding carboxylic acids is 2. The second kappa shape index (κ2) is 11.0. The van der Waals surface area contributed by atoms with Gasteiger partial charge in [-0.05, 0) is 47.1 Å². The maximum absolute atomic E-state index is 12.7. The number of hydrogen-bond acceptors (Lipinski definition) is 7. The topological polar surface area (TPSA) is 91.3 Å². The lowest BCUT2D eigenvalue weighted by atomic mass is 10.0. The lowest BCUT2D eigenvalue weighted by molar-refractivity contribution is 0.0904. The second-order valence-electron chi connectivity index (χ2n) is 6.43. The fraction of sp³-hybridized carbons (Fsp3) is 0.389. The van der Waals surface area contributed by atoms with Crippen LogP contribution in [0.3, 0.4) is 0 Å². The van der Waals surface area contributed by atoms with Gasteiger partial charge in [-0.25, -0.2) is 0 Å². The molecule has 33 heavy (non-hydrogen) atoms. The quantitative estimate of drug-likeness (QED) is 0.257. The lowest BCUT2D eigenvalue weighted by Gasteiger charge is -2.26. The van der Waals surface area contributed by atoms with Gasteiger partial charge in [0.1, 0.15) is 11.4 Å². The summed E-state index contributed by atoms with van der Waals surface area (Å²) in [6.07, 6.45) is -1.68. The van der Waals surface area contributed by atoms with E-state index in [4.69, 9.17) is 79.1 Å². The molecule has 0 N–H and O–H groups in total. The number of rotatable bonds is 4. The van der Waals surface area contributed by atoms with Gasteiger partial charge in [-0.15, -0.1) is 10.2 Å². The number of imide groups is 1. The van der Waals surface area contributed by atoms with Gasteiger partial charge in [0.25, 0.3) is 0 Å². The molecule has 1 heterocycles. The summed E-state index contributed by atoms with van der Waals surface area (Å²) in [6.45, 7) is 3.35. The predicted molar refractivity (Wildman–Crippen MR) is 133 cm³/mol. The average molecular weight is 645 g/mol. The third-order valence-corrected chi connectivity index (χ3v) is 6.02. The first-order valence-corrected chi connectivity index (χ1v) is 12.1. The molecule has 0 fully saturated rings. The van der Waals surface area contributed by atoms with E-state index in [-0.39, 0.29) is 35.9 Å². The normalized spacial score (nSPS) is 12.4. The molecule has 1 aromatic carbocycles. The van der Waals surface area contributed by atoms with E-state index in [1.807, 2.05) is 0 Å². The van der Waals surface area contributed by atoms with Crippen molar-refractivity contribution in [3.63, 3.8) is 0 Å². The molecular weight excluding hydrogens is 629 g/mol. The molecule has 0 aliphatic heterocycles. The van der Waals surface area contributed by atoms with Crippen molar-refractivity contribution in [1.82, 2.24) is 19.9 Å². The Bertz CT molecular complexity index is 1040. The first-order valence-electron chi connectivity index (χ1n) is 9.08.